The van der Waals surface area contributed by atoms with E-state index in [1.165, 1.54) is 6.08 Å². The van der Waals surface area contributed by atoms with E-state index in [1.807, 2.05) is 0 Å². The number of nitrogens with one attached hydrogen (secondary N) is 1. The van der Waals surface area contributed by atoms with Gasteiger partial charge in [0.2, 0.25) is 0 Å². The van der Waals surface area contributed by atoms with Gasteiger partial charge in [-0.05, 0) is 37.5 Å². The highest BCUT2D eigenvalue weighted by molar-refractivity contribution is 5.97. The molecule has 1 amide bonds. The van der Waals surface area contributed by atoms with Gasteiger partial charge in [-0.15, -0.1) is 0 Å². The van der Waals surface area contributed by atoms with Crippen molar-refractivity contribution in [2.45, 2.75) is 31.5 Å². The molecule has 2 atom stereocenters. The second-order valence-corrected chi connectivity index (χ2v) is 5.83. The first-order chi connectivity index (χ1) is 11.7. The number of alkyl halides is 3. The number of aliphatic carboxylic acids is 1. The summed E-state index contributed by atoms with van der Waals surface area (Å²) in [4.78, 5) is 23.4. The third-order valence-corrected chi connectivity index (χ3v) is 4.03. The Hall–Kier alpha value is -2.51. The highest BCUT2D eigenvalue weighted by atomic mass is 19.4. The van der Waals surface area contributed by atoms with E-state index in [-0.39, 0.29) is 24.3 Å². The predicted octanol–water partition coefficient (Wildman–Crippen LogP) is 3.25. The number of carbonyl (C=O) groups is 2. The molecule has 0 bridgehead atoms. The van der Waals surface area contributed by atoms with E-state index in [1.54, 1.807) is 0 Å². The zero-order chi connectivity index (χ0) is 18.6. The molecular formula is C17H18F3NO4. The van der Waals surface area contributed by atoms with E-state index in [4.69, 9.17) is 9.84 Å². The van der Waals surface area contributed by atoms with Crippen LogP contribution in [-0.4, -0.2) is 29.6 Å². The molecule has 2 N–H and O–H groups in total. The average molecular weight is 357 g/mol. The van der Waals surface area contributed by atoms with Gasteiger partial charge >= 0.3 is 12.1 Å². The Kier molecular flexibility index (Phi) is 5.71. The fraction of sp³-hybridized carbons (Fsp3) is 0.412. The summed E-state index contributed by atoms with van der Waals surface area (Å²) in [6, 6.07) is 2.27. The van der Waals surface area contributed by atoms with Gasteiger partial charge in [-0.3, -0.25) is 9.59 Å². The number of benzene rings is 1. The van der Waals surface area contributed by atoms with Crippen molar-refractivity contribution in [1.29, 1.82) is 0 Å². The number of halogens is 3. The van der Waals surface area contributed by atoms with Crippen LogP contribution >= 0.6 is 0 Å². The molecule has 0 aliphatic heterocycles. The quantitative estimate of drug-likeness (QED) is 0.767. The maximum atomic E-state index is 12.9. The Balaban J connectivity index is 2.20. The normalized spacial score (nSPS) is 20.1. The van der Waals surface area contributed by atoms with Crippen molar-refractivity contribution in [3.63, 3.8) is 0 Å². The van der Waals surface area contributed by atoms with Gasteiger partial charge in [-0.25, -0.2) is 0 Å². The van der Waals surface area contributed by atoms with Crippen molar-refractivity contribution in [2.75, 3.05) is 6.61 Å². The molecule has 0 saturated heterocycles. The van der Waals surface area contributed by atoms with Crippen LogP contribution in [0, 0.1) is 5.92 Å². The summed E-state index contributed by atoms with van der Waals surface area (Å²) in [7, 11) is 0. The van der Waals surface area contributed by atoms with E-state index < -0.39 is 35.6 Å². The molecule has 0 spiro atoms. The fourth-order valence-electron chi connectivity index (χ4n) is 2.76. The lowest BCUT2D eigenvalue weighted by Crippen LogP contribution is -2.33. The van der Waals surface area contributed by atoms with Crippen LogP contribution in [0.2, 0.25) is 0 Å². The minimum atomic E-state index is -4.59. The second-order valence-electron chi connectivity index (χ2n) is 5.83. The van der Waals surface area contributed by atoms with Gasteiger partial charge in [0, 0.05) is 6.04 Å². The van der Waals surface area contributed by atoms with Crippen molar-refractivity contribution in [3.8, 4) is 5.75 Å². The fourth-order valence-corrected chi connectivity index (χ4v) is 2.76. The summed E-state index contributed by atoms with van der Waals surface area (Å²) in [6.07, 6.45) is -2.04. The van der Waals surface area contributed by atoms with Crippen LogP contribution in [0.1, 0.15) is 35.2 Å². The predicted molar refractivity (Wildman–Crippen MR) is 83.4 cm³/mol. The van der Waals surface area contributed by atoms with Crippen LogP contribution in [0.15, 0.2) is 30.9 Å². The third-order valence-electron chi connectivity index (χ3n) is 4.03. The summed E-state index contributed by atoms with van der Waals surface area (Å²) in [6.45, 7) is 3.49. The minimum absolute atomic E-state index is 0.0122. The third kappa shape index (κ3) is 4.74. The molecule has 0 aromatic heterocycles. The van der Waals surface area contributed by atoms with Crippen LogP contribution in [-0.2, 0) is 11.0 Å². The Morgan fingerprint density at radius 1 is 1.36 bits per heavy atom. The molecule has 1 saturated carbocycles. The van der Waals surface area contributed by atoms with E-state index in [0.717, 1.165) is 18.2 Å². The molecule has 1 aliphatic carbocycles. The first-order valence-electron chi connectivity index (χ1n) is 7.71. The Labute approximate surface area is 142 Å². The molecule has 8 heteroatoms. The molecule has 25 heavy (non-hydrogen) atoms. The maximum absolute atomic E-state index is 12.9. The van der Waals surface area contributed by atoms with Gasteiger partial charge < -0.3 is 15.2 Å². The van der Waals surface area contributed by atoms with Gasteiger partial charge in [0.1, 0.15) is 12.4 Å². The first-order valence-corrected chi connectivity index (χ1v) is 7.71. The standard InChI is InChI=1S/C17H18F3NO4/c1-2-7-25-14-6-4-11(17(18,19)20)9-13(14)15(22)21-12-5-3-10(8-12)16(23)24/h2,4,6,9-10,12H,1,3,5,7-8H2,(H,21,22)(H,23,24)/t10-,12+/m0/s1. The number of hydrogen-bond acceptors (Lipinski definition) is 3. The van der Waals surface area contributed by atoms with E-state index >= 15 is 0 Å². The number of carboxylic acid groups (broad SMARTS) is 1. The van der Waals surface area contributed by atoms with Crippen LogP contribution in [0.25, 0.3) is 0 Å². The average Bonchev–Trinajstić information content (AvgIpc) is 3.00. The Morgan fingerprint density at radius 3 is 2.64 bits per heavy atom. The molecule has 5 nitrogen and oxygen atoms in total. The molecule has 2 rings (SSSR count). The van der Waals surface area contributed by atoms with Crippen molar-refractivity contribution >= 4 is 11.9 Å². The first kappa shape index (κ1) is 18.8. The molecule has 1 fully saturated rings. The molecule has 0 unspecified atom stereocenters. The van der Waals surface area contributed by atoms with Gasteiger partial charge in [-0.2, -0.15) is 13.2 Å². The number of rotatable bonds is 6. The SMILES string of the molecule is C=CCOc1ccc(C(F)(F)F)cc1C(=O)N[C@@H]1CC[C@H](C(=O)O)C1. The molecule has 1 aliphatic rings. The minimum Gasteiger partial charge on any atom is -0.489 e. The van der Waals surface area contributed by atoms with Crippen molar-refractivity contribution in [3.05, 3.63) is 42.0 Å². The number of ether oxygens (including phenoxy) is 1. The molecule has 0 radical (unpaired) electrons. The van der Waals surface area contributed by atoms with Crippen molar-refractivity contribution < 1.29 is 32.6 Å². The van der Waals surface area contributed by atoms with Crippen LogP contribution in [0.5, 0.6) is 5.75 Å². The molecule has 0 heterocycles. The summed E-state index contributed by atoms with van der Waals surface area (Å²) in [5.41, 5.74) is -1.20. The summed E-state index contributed by atoms with van der Waals surface area (Å²) in [5.74, 6) is -2.20. The Morgan fingerprint density at radius 2 is 2.08 bits per heavy atom. The topological polar surface area (TPSA) is 75.6 Å². The lowest BCUT2D eigenvalue weighted by Gasteiger charge is -2.16. The highest BCUT2D eigenvalue weighted by Crippen LogP contribution is 2.33. The monoisotopic (exact) mass is 357 g/mol. The number of carbonyl (C=O) groups excluding carboxylic acids is 1. The van der Waals surface area contributed by atoms with E-state index in [0.29, 0.717) is 12.8 Å². The number of carboxylic acids is 1. The zero-order valence-corrected chi connectivity index (χ0v) is 13.3. The summed E-state index contributed by atoms with van der Waals surface area (Å²) < 4.78 is 44.0. The number of amides is 1. The molecule has 136 valence electrons. The molecule has 1 aromatic rings. The summed E-state index contributed by atoms with van der Waals surface area (Å²) in [5, 5.41) is 11.6. The Bertz CT molecular complexity index is 672. The van der Waals surface area contributed by atoms with Gasteiger partial charge in [-0.1, -0.05) is 12.7 Å². The summed E-state index contributed by atoms with van der Waals surface area (Å²) >= 11 is 0. The largest absolute Gasteiger partial charge is 0.489 e. The van der Waals surface area contributed by atoms with Gasteiger partial charge in [0.15, 0.2) is 0 Å². The molecular weight excluding hydrogens is 339 g/mol. The van der Waals surface area contributed by atoms with Crippen molar-refractivity contribution in [1.82, 2.24) is 5.32 Å². The smallest absolute Gasteiger partial charge is 0.416 e. The van der Waals surface area contributed by atoms with E-state index in [9.17, 15) is 22.8 Å². The van der Waals surface area contributed by atoms with Crippen LogP contribution < -0.4 is 10.1 Å². The highest BCUT2D eigenvalue weighted by Gasteiger charge is 2.34. The number of hydrogen-bond donors (Lipinski definition) is 2. The van der Waals surface area contributed by atoms with Crippen LogP contribution in [0.4, 0.5) is 13.2 Å². The lowest BCUT2D eigenvalue weighted by molar-refractivity contribution is -0.141. The van der Waals surface area contributed by atoms with Crippen LogP contribution in [0.3, 0.4) is 0 Å². The van der Waals surface area contributed by atoms with Gasteiger partial charge in [0.05, 0.1) is 17.0 Å². The van der Waals surface area contributed by atoms with Gasteiger partial charge in [0.25, 0.3) is 5.91 Å². The zero-order valence-electron chi connectivity index (χ0n) is 13.3. The molecule has 1 aromatic carbocycles. The second kappa shape index (κ2) is 7.58. The maximum Gasteiger partial charge on any atom is 0.416 e. The van der Waals surface area contributed by atoms with Crippen molar-refractivity contribution in [2.24, 2.45) is 5.92 Å². The lowest BCUT2D eigenvalue weighted by atomic mass is 10.1. The van der Waals surface area contributed by atoms with E-state index in [2.05, 4.69) is 11.9 Å².